The number of ether oxygens (including phenoxy) is 1. The smallest absolute Gasteiger partial charge is 0.333 e. The van der Waals surface area contributed by atoms with Crippen molar-refractivity contribution in [2.24, 2.45) is 0 Å². The van der Waals surface area contributed by atoms with Crippen LogP contribution >= 0.6 is 0 Å². The van der Waals surface area contributed by atoms with Crippen LogP contribution in [-0.2, 0) is 108 Å². The molecule has 109 heavy (non-hydrogen) atoms. The standard InChI is InChI=1S/C58H164O26Si25/c1-57(2)58(59)60-55-54-56-86(6,7)62-88(10,11)64-90(14,15)66-92(18,19)68-94(22,23)70-96(26,27)72-98(30,31)74-100(34,35)76-102(38,39)78-104(42,43)80-106(46,47)82-108(50,51)84-109(52,53)83-107(48,49)81-105(44,45)79-103(40,41)77-101(36,37)75-99(32,33)73-97(28,29)71-95(24,25)69-93(20,21)67-91(16,17)65-89(12,13)63-87(8,9)61-85(3,4)5/h1,54-56H2,2-53H3. The maximum absolute atomic E-state index is 11.9. The van der Waals surface area contributed by atoms with Gasteiger partial charge in [-0.2, -0.15) is 0 Å². The normalized spacial score (nSPS) is 15.9. The summed E-state index contributed by atoms with van der Waals surface area (Å²) in [4.78, 5) is 11.9. The van der Waals surface area contributed by atoms with Gasteiger partial charge in [0.1, 0.15) is 0 Å². The van der Waals surface area contributed by atoms with Gasteiger partial charge in [-0.15, -0.1) is 0 Å². The number of hydrogen-bond donors (Lipinski definition) is 0. The van der Waals surface area contributed by atoms with Crippen molar-refractivity contribution < 1.29 is 108 Å². The van der Waals surface area contributed by atoms with Crippen molar-refractivity contribution in [1.29, 1.82) is 0 Å². The van der Waals surface area contributed by atoms with Crippen molar-refractivity contribution in [3.05, 3.63) is 12.2 Å². The van der Waals surface area contributed by atoms with E-state index >= 15 is 0 Å². The first kappa shape index (κ1) is 113. The summed E-state index contributed by atoms with van der Waals surface area (Å²) in [6, 6.07) is 0.822. The molecular weight excluding hydrogens is 1810 g/mol. The summed E-state index contributed by atoms with van der Waals surface area (Å²) in [6.45, 7) is 111. The zero-order valence-corrected chi connectivity index (χ0v) is 104. The molecule has 51 heteroatoms. The van der Waals surface area contributed by atoms with E-state index in [1.807, 2.05) is 105 Å². The van der Waals surface area contributed by atoms with Crippen LogP contribution in [0, 0.1) is 0 Å². The summed E-state index contributed by atoms with van der Waals surface area (Å²) in [5.74, 6) is -0.371. The van der Waals surface area contributed by atoms with Crippen LogP contribution in [0.2, 0.25) is 340 Å². The number of carbonyl (C=O) groups is 1. The first-order valence-corrected chi connectivity index (χ1v) is 110. The monoisotopic (exact) mass is 1980 g/mol. The van der Waals surface area contributed by atoms with E-state index in [0.29, 0.717) is 18.6 Å². The number of rotatable bonds is 53. The molecule has 0 unspecified atom stereocenters. The van der Waals surface area contributed by atoms with Crippen LogP contribution < -0.4 is 0 Å². The van der Waals surface area contributed by atoms with E-state index < -0.39 is 214 Å². The molecule has 0 aromatic heterocycles. The van der Waals surface area contributed by atoms with Gasteiger partial charge >= 0.3 is 203 Å². The molecule has 0 saturated heterocycles. The van der Waals surface area contributed by atoms with Crippen LogP contribution in [0.25, 0.3) is 0 Å². The molecule has 0 amide bonds. The second-order valence-electron chi connectivity index (χ2n) is 40.5. The minimum Gasteiger partial charge on any atom is -0.462 e. The Bertz CT molecular complexity index is 2920. The summed E-state index contributed by atoms with van der Waals surface area (Å²) in [5, 5.41) is 0. The summed E-state index contributed by atoms with van der Waals surface area (Å²) in [5.41, 5.74) is 0.392. The minimum absolute atomic E-state index is 0.330. The molecule has 0 rings (SSSR count). The highest BCUT2D eigenvalue weighted by molar-refractivity contribution is 6.98. The van der Waals surface area contributed by atoms with Crippen molar-refractivity contribution in [3.63, 3.8) is 0 Å². The molecule has 0 N–H and O–H groups in total. The Morgan fingerprint density at radius 2 is 0.303 bits per heavy atom. The predicted molar refractivity (Wildman–Crippen MR) is 504 cm³/mol. The number of carbonyl (C=O) groups excluding carboxylic acids is 1. The Hall–Kier alpha value is 3.67. The van der Waals surface area contributed by atoms with Crippen molar-refractivity contribution in [3.8, 4) is 0 Å². The highest BCUT2D eigenvalue weighted by atomic mass is 28.6. The molecular formula is C58H164O26Si25. The third kappa shape index (κ3) is 52.7. The SMILES string of the molecule is C=C(C)C(=O)OCCC[Si](C)(C)O[Si](C)(C)O[Si](C)(C)O[Si](C)(C)O[Si](C)(C)O[Si](C)(C)O[Si](C)(C)O[Si](C)(C)O[Si](C)(C)O[Si](C)(C)O[Si](C)(C)O[Si](C)(C)O[Si](C)(C)O[Si](C)(C)O[Si](C)(C)O[Si](C)(C)O[Si](C)(C)O[Si](C)(C)O[Si](C)(C)O[Si](C)(C)O[Si](C)(C)O[Si](C)(C)O[Si](C)(C)O[Si](C)(C)O[Si](C)(C)C. The lowest BCUT2D eigenvalue weighted by molar-refractivity contribution is -0.139. The lowest BCUT2D eigenvalue weighted by atomic mass is 10.4. The van der Waals surface area contributed by atoms with Crippen LogP contribution in [0.5, 0.6) is 0 Å². The Morgan fingerprint density at radius 3 is 0.413 bits per heavy atom. The van der Waals surface area contributed by atoms with Gasteiger partial charge in [0.25, 0.3) is 0 Å². The largest absolute Gasteiger partial charge is 0.462 e. The molecule has 0 radical (unpaired) electrons. The van der Waals surface area contributed by atoms with Crippen LogP contribution in [-0.4, -0.2) is 226 Å². The Morgan fingerprint density at radius 1 is 0.193 bits per heavy atom. The third-order valence-corrected chi connectivity index (χ3v) is 110. The number of hydrogen-bond acceptors (Lipinski definition) is 26. The molecule has 0 aliphatic heterocycles. The first-order valence-electron chi connectivity index (χ1n) is 38.5. The van der Waals surface area contributed by atoms with E-state index in [-0.39, 0.29) is 5.97 Å². The molecule has 0 saturated carbocycles. The van der Waals surface area contributed by atoms with Crippen molar-refractivity contribution in [2.45, 2.75) is 353 Å². The molecule has 0 spiro atoms. The van der Waals surface area contributed by atoms with E-state index in [1.54, 1.807) is 6.92 Å². The highest BCUT2D eigenvalue weighted by Crippen LogP contribution is 2.37. The minimum atomic E-state index is -2.92. The molecule has 0 aliphatic carbocycles. The third-order valence-electron chi connectivity index (χ3n) is 13.4. The second kappa shape index (κ2) is 38.8. The molecule has 0 atom stereocenters. The molecule has 0 bridgehead atoms. The highest BCUT2D eigenvalue weighted by Gasteiger charge is 2.56. The van der Waals surface area contributed by atoms with Gasteiger partial charge in [0.05, 0.1) is 6.61 Å². The zero-order valence-electron chi connectivity index (χ0n) is 78.9. The average Bonchev–Trinajstić information content (AvgIpc) is 0.807. The van der Waals surface area contributed by atoms with Gasteiger partial charge in [-0.1, -0.05) is 6.58 Å². The summed E-state index contributed by atoms with van der Waals surface area (Å²) >= 11 is 0. The number of esters is 1. The van der Waals surface area contributed by atoms with Gasteiger partial charge in [-0.3, -0.25) is 0 Å². The summed E-state index contributed by atoms with van der Waals surface area (Å²) in [6.07, 6.45) is 0.711. The molecule has 0 aromatic rings. The Labute approximate surface area is 693 Å². The summed E-state index contributed by atoms with van der Waals surface area (Å²) < 4.78 is 171. The molecule has 26 nitrogen and oxygen atoms in total. The summed E-state index contributed by atoms with van der Waals surface area (Å²) in [7, 11) is -69.1. The van der Waals surface area contributed by atoms with Gasteiger partial charge in [-0.05, 0) is 353 Å². The quantitative estimate of drug-likeness (QED) is 0.0238. The van der Waals surface area contributed by atoms with Gasteiger partial charge in [0.2, 0.25) is 0 Å². The maximum Gasteiger partial charge on any atom is 0.333 e. The van der Waals surface area contributed by atoms with Crippen LogP contribution in [0.15, 0.2) is 12.2 Å². The van der Waals surface area contributed by atoms with Gasteiger partial charge in [0, 0.05) is 5.57 Å². The Kier molecular flexibility index (Phi) is 40.1. The zero-order chi connectivity index (χ0) is 87.5. The van der Waals surface area contributed by atoms with Crippen LogP contribution in [0.1, 0.15) is 13.3 Å². The van der Waals surface area contributed by atoms with Crippen molar-refractivity contribution in [1.82, 2.24) is 0 Å². The Balaban J connectivity index is 5.89. The fraction of sp³-hybridized carbons (Fsp3) is 0.948. The molecule has 652 valence electrons. The second-order valence-corrected chi connectivity index (χ2v) is 133. The first-order chi connectivity index (χ1) is 46.8. The van der Waals surface area contributed by atoms with Crippen LogP contribution in [0.4, 0.5) is 0 Å². The van der Waals surface area contributed by atoms with Crippen molar-refractivity contribution in [2.75, 3.05) is 6.61 Å². The lowest BCUT2D eigenvalue weighted by Crippen LogP contribution is -2.63. The molecule has 0 heterocycles. The van der Waals surface area contributed by atoms with Gasteiger partial charge in [-0.25, -0.2) is 4.79 Å². The van der Waals surface area contributed by atoms with E-state index in [4.69, 9.17) is 104 Å². The molecule has 0 aromatic carbocycles. The van der Waals surface area contributed by atoms with E-state index in [0.717, 1.165) is 6.04 Å². The lowest BCUT2D eigenvalue weighted by Gasteiger charge is -2.45. The topological polar surface area (TPSA) is 248 Å². The van der Waals surface area contributed by atoms with E-state index in [9.17, 15) is 4.79 Å². The molecule has 0 fully saturated rings. The van der Waals surface area contributed by atoms with Gasteiger partial charge in [0.15, 0.2) is 16.6 Å². The molecule has 0 aliphatic rings. The van der Waals surface area contributed by atoms with E-state index in [1.165, 1.54) is 0 Å². The maximum atomic E-state index is 11.9. The fourth-order valence-corrected chi connectivity index (χ4v) is 145. The average molecular weight is 1980 g/mol. The predicted octanol–water partition coefficient (Wildman–Crippen LogP) is 20.1. The van der Waals surface area contributed by atoms with E-state index in [2.05, 4.69) is 236 Å². The van der Waals surface area contributed by atoms with Gasteiger partial charge < -0.3 is 104 Å². The van der Waals surface area contributed by atoms with Crippen molar-refractivity contribution >= 4 is 220 Å². The van der Waals surface area contributed by atoms with Crippen LogP contribution in [0.3, 0.4) is 0 Å². The fourth-order valence-electron chi connectivity index (χ4n) is 15.7.